The van der Waals surface area contributed by atoms with Gasteiger partial charge < -0.3 is 20.1 Å². The number of rotatable bonds is 7. The summed E-state index contributed by atoms with van der Waals surface area (Å²) < 4.78 is 9.54. The number of amides is 2. The SMILES string of the molecule is COC(=O)CNC(=O)N[C@H](C)CCc1ccc(OC)cc1. The zero-order chi connectivity index (χ0) is 15.7. The average Bonchev–Trinajstić information content (AvgIpc) is 2.51. The number of benzene rings is 1. The van der Waals surface area contributed by atoms with E-state index in [-0.39, 0.29) is 18.6 Å². The predicted octanol–water partition coefficient (Wildman–Crippen LogP) is 1.49. The van der Waals surface area contributed by atoms with Gasteiger partial charge in [-0.15, -0.1) is 0 Å². The number of hydrogen-bond donors (Lipinski definition) is 2. The van der Waals surface area contributed by atoms with E-state index in [2.05, 4.69) is 15.4 Å². The number of hydrogen-bond acceptors (Lipinski definition) is 4. The van der Waals surface area contributed by atoms with Gasteiger partial charge in [0.2, 0.25) is 0 Å². The Morgan fingerprint density at radius 1 is 1.19 bits per heavy atom. The maximum absolute atomic E-state index is 11.5. The molecule has 116 valence electrons. The third-order valence-electron chi connectivity index (χ3n) is 3.02. The number of nitrogens with one attached hydrogen (secondary N) is 2. The molecule has 0 saturated heterocycles. The second-order valence-electron chi connectivity index (χ2n) is 4.69. The molecule has 0 fully saturated rings. The van der Waals surface area contributed by atoms with Crippen molar-refractivity contribution in [3.8, 4) is 5.75 Å². The van der Waals surface area contributed by atoms with Gasteiger partial charge in [0.1, 0.15) is 12.3 Å². The van der Waals surface area contributed by atoms with E-state index >= 15 is 0 Å². The molecule has 0 aliphatic rings. The second kappa shape index (κ2) is 8.84. The van der Waals surface area contributed by atoms with Gasteiger partial charge in [-0.2, -0.15) is 0 Å². The minimum atomic E-state index is -0.476. The molecule has 0 heterocycles. The number of ether oxygens (including phenoxy) is 2. The van der Waals surface area contributed by atoms with Crippen molar-refractivity contribution in [2.45, 2.75) is 25.8 Å². The van der Waals surface area contributed by atoms with E-state index in [1.54, 1.807) is 7.11 Å². The largest absolute Gasteiger partial charge is 0.497 e. The quantitative estimate of drug-likeness (QED) is 0.747. The van der Waals surface area contributed by atoms with Crippen LogP contribution in [-0.4, -0.2) is 38.8 Å². The van der Waals surface area contributed by atoms with Crippen molar-refractivity contribution in [2.24, 2.45) is 0 Å². The van der Waals surface area contributed by atoms with Crippen LogP contribution in [0.1, 0.15) is 18.9 Å². The van der Waals surface area contributed by atoms with Crippen LogP contribution in [-0.2, 0) is 16.0 Å². The zero-order valence-electron chi connectivity index (χ0n) is 12.6. The Hall–Kier alpha value is -2.24. The van der Waals surface area contributed by atoms with Crippen molar-refractivity contribution in [2.75, 3.05) is 20.8 Å². The van der Waals surface area contributed by atoms with Gasteiger partial charge in [-0.3, -0.25) is 4.79 Å². The van der Waals surface area contributed by atoms with Crippen LogP contribution in [0.25, 0.3) is 0 Å². The van der Waals surface area contributed by atoms with Gasteiger partial charge in [-0.05, 0) is 37.5 Å². The molecule has 2 N–H and O–H groups in total. The van der Waals surface area contributed by atoms with Crippen LogP contribution in [0.2, 0.25) is 0 Å². The molecule has 21 heavy (non-hydrogen) atoms. The Kier molecular flexibility index (Phi) is 7.08. The Morgan fingerprint density at radius 2 is 1.86 bits per heavy atom. The van der Waals surface area contributed by atoms with E-state index in [9.17, 15) is 9.59 Å². The summed E-state index contributed by atoms with van der Waals surface area (Å²) in [5.74, 6) is 0.350. The Balaban J connectivity index is 2.27. The molecular formula is C15H22N2O4. The molecule has 0 unspecified atom stereocenters. The topological polar surface area (TPSA) is 76.7 Å². The van der Waals surface area contributed by atoms with Crippen molar-refractivity contribution in [1.82, 2.24) is 10.6 Å². The zero-order valence-corrected chi connectivity index (χ0v) is 12.6. The Bertz CT molecular complexity index is 459. The van der Waals surface area contributed by atoms with Crippen LogP contribution >= 0.6 is 0 Å². The predicted molar refractivity (Wildman–Crippen MR) is 79.3 cm³/mol. The summed E-state index contributed by atoms with van der Waals surface area (Å²) in [5.41, 5.74) is 1.18. The van der Waals surface area contributed by atoms with Crippen molar-refractivity contribution in [3.63, 3.8) is 0 Å². The Labute approximate surface area is 124 Å². The highest BCUT2D eigenvalue weighted by molar-refractivity contribution is 5.80. The standard InChI is InChI=1S/C15H22N2O4/c1-11(17-15(19)16-10-14(18)21-3)4-5-12-6-8-13(20-2)9-7-12/h6-9,11H,4-5,10H2,1-3H3,(H2,16,17,19)/t11-/m1/s1. The molecule has 0 spiro atoms. The molecule has 0 saturated carbocycles. The van der Waals surface area contributed by atoms with Crippen molar-refractivity contribution < 1.29 is 19.1 Å². The number of aryl methyl sites for hydroxylation is 1. The van der Waals surface area contributed by atoms with Crippen molar-refractivity contribution >= 4 is 12.0 Å². The first kappa shape index (κ1) is 16.8. The van der Waals surface area contributed by atoms with Gasteiger partial charge >= 0.3 is 12.0 Å². The van der Waals surface area contributed by atoms with Crippen LogP contribution in [0.15, 0.2) is 24.3 Å². The molecule has 0 aliphatic carbocycles. The van der Waals surface area contributed by atoms with Crippen molar-refractivity contribution in [3.05, 3.63) is 29.8 Å². The molecule has 1 atom stereocenters. The van der Waals surface area contributed by atoms with Gasteiger partial charge in [0.25, 0.3) is 0 Å². The summed E-state index contributed by atoms with van der Waals surface area (Å²) in [6, 6.07) is 7.46. The molecule has 2 amide bonds. The number of esters is 1. The van der Waals surface area contributed by atoms with Crippen LogP contribution < -0.4 is 15.4 Å². The van der Waals surface area contributed by atoms with Gasteiger partial charge in [-0.1, -0.05) is 12.1 Å². The molecule has 0 bridgehead atoms. The minimum absolute atomic E-state index is 0.00440. The summed E-state index contributed by atoms with van der Waals surface area (Å²) in [5, 5.41) is 5.21. The molecule has 1 aromatic carbocycles. The average molecular weight is 294 g/mol. The third-order valence-corrected chi connectivity index (χ3v) is 3.02. The molecule has 6 nitrogen and oxygen atoms in total. The van der Waals surface area contributed by atoms with Gasteiger partial charge in [0, 0.05) is 6.04 Å². The van der Waals surface area contributed by atoms with E-state index in [0.717, 1.165) is 18.6 Å². The third kappa shape index (κ3) is 6.65. The maximum Gasteiger partial charge on any atom is 0.325 e. The van der Waals surface area contributed by atoms with E-state index in [1.807, 2.05) is 31.2 Å². The minimum Gasteiger partial charge on any atom is -0.497 e. The maximum atomic E-state index is 11.5. The second-order valence-corrected chi connectivity index (χ2v) is 4.69. The number of carbonyl (C=O) groups is 2. The monoisotopic (exact) mass is 294 g/mol. The lowest BCUT2D eigenvalue weighted by atomic mass is 10.1. The molecule has 1 rings (SSSR count). The lowest BCUT2D eigenvalue weighted by Crippen LogP contribution is -2.43. The number of urea groups is 1. The molecule has 0 radical (unpaired) electrons. The highest BCUT2D eigenvalue weighted by atomic mass is 16.5. The molecule has 0 aromatic heterocycles. The summed E-state index contributed by atoms with van der Waals surface area (Å²) in [4.78, 5) is 22.4. The summed E-state index contributed by atoms with van der Waals surface area (Å²) >= 11 is 0. The van der Waals surface area contributed by atoms with Gasteiger partial charge in [-0.25, -0.2) is 4.79 Å². The number of methoxy groups -OCH3 is 2. The van der Waals surface area contributed by atoms with Gasteiger partial charge in [0.15, 0.2) is 0 Å². The fraction of sp³-hybridized carbons (Fsp3) is 0.467. The fourth-order valence-corrected chi connectivity index (χ4v) is 1.75. The first-order valence-corrected chi connectivity index (χ1v) is 6.79. The number of carbonyl (C=O) groups excluding carboxylic acids is 2. The fourth-order valence-electron chi connectivity index (χ4n) is 1.75. The van der Waals surface area contributed by atoms with Crippen LogP contribution in [0, 0.1) is 0 Å². The van der Waals surface area contributed by atoms with Crippen molar-refractivity contribution in [1.29, 1.82) is 0 Å². The van der Waals surface area contributed by atoms with Gasteiger partial charge in [0.05, 0.1) is 14.2 Å². The van der Waals surface area contributed by atoms with E-state index in [0.29, 0.717) is 0 Å². The molecule has 6 heteroatoms. The summed E-state index contributed by atoms with van der Waals surface area (Å²) in [7, 11) is 2.91. The summed E-state index contributed by atoms with van der Waals surface area (Å²) in [6.45, 7) is 1.79. The summed E-state index contributed by atoms with van der Waals surface area (Å²) in [6.07, 6.45) is 1.65. The van der Waals surface area contributed by atoms with E-state index < -0.39 is 5.97 Å². The first-order chi connectivity index (χ1) is 10.0. The molecule has 0 aliphatic heterocycles. The van der Waals surface area contributed by atoms with Crippen LogP contribution in [0.5, 0.6) is 5.75 Å². The van der Waals surface area contributed by atoms with E-state index in [4.69, 9.17) is 4.74 Å². The first-order valence-electron chi connectivity index (χ1n) is 6.79. The smallest absolute Gasteiger partial charge is 0.325 e. The molecule has 1 aromatic rings. The Morgan fingerprint density at radius 3 is 2.43 bits per heavy atom. The lowest BCUT2D eigenvalue weighted by Gasteiger charge is -2.14. The lowest BCUT2D eigenvalue weighted by molar-refractivity contribution is -0.139. The normalized spacial score (nSPS) is 11.4. The van der Waals surface area contributed by atoms with Crippen LogP contribution in [0.4, 0.5) is 4.79 Å². The highest BCUT2D eigenvalue weighted by Gasteiger charge is 2.09. The van der Waals surface area contributed by atoms with Crippen LogP contribution in [0.3, 0.4) is 0 Å². The van der Waals surface area contributed by atoms with E-state index in [1.165, 1.54) is 12.7 Å². The molecular weight excluding hydrogens is 272 g/mol. The highest BCUT2D eigenvalue weighted by Crippen LogP contribution is 2.13.